The van der Waals surface area contributed by atoms with Crippen molar-refractivity contribution in [1.82, 2.24) is 4.72 Å². The number of nitrogens with zero attached hydrogens (tertiary/aromatic N) is 1. The Morgan fingerprint density at radius 1 is 1.44 bits per heavy atom. The second-order valence-corrected chi connectivity index (χ2v) is 5.97. The molecule has 0 saturated carbocycles. The molecule has 1 rings (SSSR count). The van der Waals surface area contributed by atoms with Crippen LogP contribution in [0.25, 0.3) is 0 Å². The molecule has 0 heterocycles. The summed E-state index contributed by atoms with van der Waals surface area (Å²) in [5.74, 6) is -1.57. The van der Waals surface area contributed by atoms with Gasteiger partial charge in [0.2, 0.25) is 10.0 Å². The molecule has 0 spiro atoms. The second-order valence-electron chi connectivity index (χ2n) is 3.07. The number of rotatable bonds is 5. The molecular weight excluding hydrogens is 379 g/mol. The van der Waals surface area contributed by atoms with Gasteiger partial charge in [-0.25, -0.2) is 13.1 Å². The van der Waals surface area contributed by atoms with E-state index in [1.165, 1.54) is 0 Å². The predicted octanol–water partition coefficient (Wildman–Crippen LogP) is -0.772. The summed E-state index contributed by atoms with van der Waals surface area (Å²) in [5.41, 5.74) is -0.252. The molecule has 0 bridgehead atoms. The Hall–Kier alpha value is -1.27. The first-order valence-corrected chi connectivity index (χ1v) is 6.93. The van der Waals surface area contributed by atoms with Gasteiger partial charge < -0.3 is 9.90 Å². The number of nitro benzene ring substituents is 1. The number of aliphatic carboxylic acids is 1. The van der Waals surface area contributed by atoms with E-state index in [1.54, 1.807) is 27.3 Å². The van der Waals surface area contributed by atoms with Gasteiger partial charge in [0.25, 0.3) is 5.69 Å². The lowest BCUT2D eigenvalue weighted by Crippen LogP contribution is -2.37. The van der Waals surface area contributed by atoms with Crippen molar-refractivity contribution >= 4 is 44.3 Å². The molecule has 0 aliphatic heterocycles. The molecule has 0 fully saturated rings. The Bertz CT molecular complexity index is 600. The summed E-state index contributed by atoms with van der Waals surface area (Å²) in [7, 11) is -4.03. The highest BCUT2D eigenvalue weighted by Crippen LogP contribution is 2.23. The molecule has 1 N–H and O–H groups in total. The number of carboxylic acid groups (broad SMARTS) is 1. The van der Waals surface area contributed by atoms with Crippen molar-refractivity contribution in [2.75, 3.05) is 6.54 Å². The second kappa shape index (κ2) is 5.58. The van der Waals surface area contributed by atoms with Crippen molar-refractivity contribution in [3.05, 3.63) is 31.9 Å². The predicted molar refractivity (Wildman–Crippen MR) is 66.0 cm³/mol. The molecule has 18 heavy (non-hydrogen) atoms. The van der Waals surface area contributed by atoms with Gasteiger partial charge in [0.15, 0.2) is 0 Å². The van der Waals surface area contributed by atoms with Crippen LogP contribution in [0.3, 0.4) is 0 Å². The molecule has 0 atom stereocenters. The molecule has 1 aromatic carbocycles. The molecule has 1 aromatic rings. The fraction of sp³-hybridized carbons (Fsp3) is 0.125. The maximum absolute atomic E-state index is 11.7. The van der Waals surface area contributed by atoms with Crippen LogP contribution in [0.2, 0.25) is 0 Å². The minimum absolute atomic E-state index is 0.118. The highest BCUT2D eigenvalue weighted by molar-refractivity contribution is 14.1. The third kappa shape index (κ3) is 3.61. The van der Waals surface area contributed by atoms with Gasteiger partial charge in [-0.3, -0.25) is 10.1 Å². The Morgan fingerprint density at radius 2 is 2.06 bits per heavy atom. The van der Waals surface area contributed by atoms with E-state index in [-0.39, 0.29) is 14.2 Å². The van der Waals surface area contributed by atoms with E-state index in [0.29, 0.717) is 0 Å². The maximum Gasteiger partial charge on any atom is 0.270 e. The molecule has 0 saturated heterocycles. The summed E-state index contributed by atoms with van der Waals surface area (Å²) in [5, 5.41) is 20.7. The minimum atomic E-state index is -4.03. The monoisotopic (exact) mass is 385 g/mol. The molecular formula is C8H6IN2O6S-. The molecule has 10 heteroatoms. The fourth-order valence-electron chi connectivity index (χ4n) is 1.05. The molecule has 0 radical (unpaired) electrons. The quantitative estimate of drug-likeness (QED) is 0.403. The van der Waals surface area contributed by atoms with Crippen molar-refractivity contribution in [1.29, 1.82) is 0 Å². The summed E-state index contributed by atoms with van der Waals surface area (Å²) in [6, 6.07) is 3.14. The average molecular weight is 385 g/mol. The SMILES string of the molecule is O=C([O-])CNS(=O)(=O)c1ccc([N+](=O)[O-])cc1I. The van der Waals surface area contributed by atoms with Gasteiger partial charge >= 0.3 is 0 Å². The number of nitrogens with one attached hydrogen (secondary N) is 1. The zero-order valence-corrected chi connectivity index (χ0v) is 11.6. The van der Waals surface area contributed by atoms with Gasteiger partial charge in [0, 0.05) is 15.7 Å². The zero-order valence-electron chi connectivity index (χ0n) is 8.62. The van der Waals surface area contributed by atoms with Crippen LogP contribution in [-0.2, 0) is 14.8 Å². The van der Waals surface area contributed by atoms with Crippen LogP contribution in [0.5, 0.6) is 0 Å². The van der Waals surface area contributed by atoms with Crippen LogP contribution in [0.1, 0.15) is 0 Å². The minimum Gasteiger partial charge on any atom is -0.549 e. The van der Waals surface area contributed by atoms with E-state index in [0.717, 1.165) is 18.2 Å². The van der Waals surface area contributed by atoms with Crippen LogP contribution >= 0.6 is 22.6 Å². The zero-order chi connectivity index (χ0) is 13.9. The van der Waals surface area contributed by atoms with E-state index >= 15 is 0 Å². The normalized spacial score (nSPS) is 11.2. The number of hydrogen-bond donors (Lipinski definition) is 1. The van der Waals surface area contributed by atoms with E-state index in [2.05, 4.69) is 0 Å². The third-order valence-corrected chi connectivity index (χ3v) is 4.54. The lowest BCUT2D eigenvalue weighted by molar-refractivity contribution is -0.385. The fourth-order valence-corrected chi connectivity index (χ4v) is 3.45. The summed E-state index contributed by atoms with van der Waals surface area (Å²) < 4.78 is 25.2. The summed E-state index contributed by atoms with van der Waals surface area (Å²) in [4.78, 5) is 19.8. The highest BCUT2D eigenvalue weighted by atomic mass is 127. The number of carbonyl (C=O) groups excluding carboxylic acids is 1. The standard InChI is InChI=1S/C8H7IN2O6S/c9-6-3-5(11(14)15)1-2-7(6)18(16,17)10-4-8(12)13/h1-3,10H,4H2,(H,12,13)/p-1. The van der Waals surface area contributed by atoms with Gasteiger partial charge in [-0.2, -0.15) is 0 Å². The summed E-state index contributed by atoms with van der Waals surface area (Å²) in [6.45, 7) is -0.866. The largest absolute Gasteiger partial charge is 0.549 e. The average Bonchev–Trinajstić information content (AvgIpc) is 2.26. The van der Waals surface area contributed by atoms with E-state index in [9.17, 15) is 28.4 Å². The topological polar surface area (TPSA) is 129 Å². The van der Waals surface area contributed by atoms with Crippen molar-refractivity contribution in [2.24, 2.45) is 0 Å². The van der Waals surface area contributed by atoms with Crippen molar-refractivity contribution in [3.8, 4) is 0 Å². The summed E-state index contributed by atoms with van der Waals surface area (Å²) in [6.07, 6.45) is 0. The maximum atomic E-state index is 11.7. The molecule has 0 amide bonds. The molecule has 0 aliphatic carbocycles. The van der Waals surface area contributed by atoms with Crippen LogP contribution in [-0.4, -0.2) is 25.9 Å². The smallest absolute Gasteiger partial charge is 0.270 e. The molecule has 0 aromatic heterocycles. The Balaban J connectivity index is 3.10. The molecule has 0 unspecified atom stereocenters. The molecule has 98 valence electrons. The number of nitro groups is 1. The third-order valence-electron chi connectivity index (χ3n) is 1.82. The summed E-state index contributed by atoms with van der Waals surface area (Å²) >= 11 is 1.61. The van der Waals surface area contributed by atoms with Crippen molar-refractivity contribution in [2.45, 2.75) is 4.90 Å². The number of sulfonamides is 1. The van der Waals surface area contributed by atoms with Crippen LogP contribution in [0.4, 0.5) is 5.69 Å². The first-order valence-electron chi connectivity index (χ1n) is 4.37. The molecule has 0 aliphatic rings. The van der Waals surface area contributed by atoms with Gasteiger partial charge in [0.1, 0.15) is 0 Å². The van der Waals surface area contributed by atoms with E-state index in [1.807, 2.05) is 0 Å². The number of carboxylic acids is 1. The Morgan fingerprint density at radius 3 is 2.50 bits per heavy atom. The van der Waals surface area contributed by atoms with Gasteiger partial charge in [-0.15, -0.1) is 0 Å². The van der Waals surface area contributed by atoms with Crippen molar-refractivity contribution in [3.63, 3.8) is 0 Å². The molecule has 8 nitrogen and oxygen atoms in total. The number of non-ortho nitro benzene ring substituents is 1. The Labute approximate surface area is 115 Å². The van der Waals surface area contributed by atoms with Crippen LogP contribution in [0, 0.1) is 13.7 Å². The van der Waals surface area contributed by atoms with Crippen LogP contribution < -0.4 is 9.83 Å². The number of hydrogen-bond acceptors (Lipinski definition) is 6. The van der Waals surface area contributed by atoms with Gasteiger partial charge in [-0.05, 0) is 28.7 Å². The number of carbonyl (C=O) groups is 1. The number of halogens is 1. The number of benzene rings is 1. The lowest BCUT2D eigenvalue weighted by atomic mass is 10.3. The van der Waals surface area contributed by atoms with Gasteiger partial charge in [-0.1, -0.05) is 0 Å². The van der Waals surface area contributed by atoms with E-state index in [4.69, 9.17) is 0 Å². The van der Waals surface area contributed by atoms with Gasteiger partial charge in [0.05, 0.1) is 22.3 Å². The first kappa shape index (κ1) is 14.8. The highest BCUT2D eigenvalue weighted by Gasteiger charge is 2.19. The van der Waals surface area contributed by atoms with Crippen molar-refractivity contribution < 1.29 is 23.2 Å². The first-order chi connectivity index (χ1) is 8.24. The Kier molecular flexibility index (Phi) is 4.59. The van der Waals surface area contributed by atoms with E-state index < -0.39 is 27.5 Å². The lowest BCUT2D eigenvalue weighted by Gasteiger charge is -2.08. The van der Waals surface area contributed by atoms with Crippen LogP contribution in [0.15, 0.2) is 23.1 Å².